The topological polar surface area (TPSA) is 9.23 Å². The van der Waals surface area contributed by atoms with Crippen LogP contribution in [0.5, 0.6) is 0 Å². The van der Waals surface area contributed by atoms with Crippen LogP contribution in [0.25, 0.3) is 0 Å². The van der Waals surface area contributed by atoms with Gasteiger partial charge >= 0.3 is 0 Å². The van der Waals surface area contributed by atoms with Crippen molar-refractivity contribution in [3.05, 3.63) is 12.2 Å². The number of hydrogen-bond donors (Lipinski definition) is 0. The van der Waals surface area contributed by atoms with E-state index in [-0.39, 0.29) is 0 Å². The van der Waals surface area contributed by atoms with Crippen molar-refractivity contribution in [2.45, 2.75) is 26.7 Å². The van der Waals surface area contributed by atoms with Gasteiger partial charge in [0.2, 0.25) is 4.38 Å². The summed E-state index contributed by atoms with van der Waals surface area (Å²) >= 11 is 6.60. The Hall–Kier alpha value is -0.0200. The van der Waals surface area contributed by atoms with E-state index in [1.165, 1.54) is 12.8 Å². The third-order valence-electron chi connectivity index (χ3n) is 1.15. The fraction of sp³-hybridized carbons (Fsp3) is 0.667. The summed E-state index contributed by atoms with van der Waals surface area (Å²) in [5.74, 6) is 1.06. The van der Waals surface area contributed by atoms with Crippen molar-refractivity contribution in [3.63, 3.8) is 0 Å². The number of thiocarbonyl (C=S) groups is 1. The smallest absolute Gasteiger partial charge is 0.220 e. The highest BCUT2D eigenvalue weighted by molar-refractivity contribution is 8.22. The number of rotatable bonds is 5. The second-order valence-corrected chi connectivity index (χ2v) is 4.39. The third-order valence-corrected chi connectivity index (χ3v) is 2.47. The molecule has 12 heavy (non-hydrogen) atoms. The molecule has 1 nitrogen and oxygen atoms in total. The van der Waals surface area contributed by atoms with E-state index in [4.69, 9.17) is 17.0 Å². The van der Waals surface area contributed by atoms with Crippen LogP contribution < -0.4 is 0 Å². The van der Waals surface area contributed by atoms with Gasteiger partial charge in [-0.1, -0.05) is 31.7 Å². The van der Waals surface area contributed by atoms with Crippen molar-refractivity contribution in [1.82, 2.24) is 0 Å². The lowest BCUT2D eigenvalue weighted by molar-refractivity contribution is 0.359. The van der Waals surface area contributed by atoms with E-state index < -0.39 is 0 Å². The lowest BCUT2D eigenvalue weighted by Crippen LogP contribution is -2.00. The summed E-state index contributed by atoms with van der Waals surface area (Å²) in [6.07, 6.45) is 2.40. The normalized spacial score (nSPS) is 9.50. The van der Waals surface area contributed by atoms with Gasteiger partial charge in [0.1, 0.15) is 6.61 Å². The predicted molar refractivity (Wildman–Crippen MR) is 60.7 cm³/mol. The van der Waals surface area contributed by atoms with Crippen molar-refractivity contribution in [2.24, 2.45) is 0 Å². The highest BCUT2D eigenvalue weighted by Gasteiger charge is 1.97. The summed E-state index contributed by atoms with van der Waals surface area (Å²) in [6, 6.07) is 0. The Labute approximate surface area is 84.6 Å². The first kappa shape index (κ1) is 12.0. The molecule has 70 valence electrons. The van der Waals surface area contributed by atoms with E-state index in [2.05, 4.69) is 13.5 Å². The molecule has 0 atom stereocenters. The van der Waals surface area contributed by atoms with Crippen LogP contribution in [0.4, 0.5) is 0 Å². The Bertz CT molecular complexity index is 155. The van der Waals surface area contributed by atoms with E-state index in [9.17, 15) is 0 Å². The van der Waals surface area contributed by atoms with Crippen LogP contribution in [-0.2, 0) is 4.74 Å². The standard InChI is InChI=1S/C9H16OS2/c1-4-5-6-12-9(11)10-7-8(2)3/h2,4-7H2,1,3H3. The fourth-order valence-corrected chi connectivity index (χ4v) is 1.57. The average molecular weight is 204 g/mol. The van der Waals surface area contributed by atoms with Gasteiger partial charge < -0.3 is 4.74 Å². The first-order valence-electron chi connectivity index (χ1n) is 4.10. The second kappa shape index (κ2) is 7.62. The molecule has 0 aliphatic heterocycles. The molecule has 0 rings (SSSR count). The molecule has 0 aliphatic carbocycles. The summed E-state index contributed by atoms with van der Waals surface area (Å²) < 4.78 is 5.89. The maximum Gasteiger partial charge on any atom is 0.220 e. The van der Waals surface area contributed by atoms with Gasteiger partial charge in [-0.15, -0.1) is 0 Å². The predicted octanol–water partition coefficient (Wildman–Crippen LogP) is 3.40. The number of hydrogen-bond acceptors (Lipinski definition) is 3. The molecule has 0 saturated heterocycles. The summed E-state index contributed by atoms with van der Waals surface area (Å²) in [7, 11) is 0. The molecule has 0 aromatic carbocycles. The Morgan fingerprint density at radius 1 is 1.58 bits per heavy atom. The minimum absolute atomic E-state index is 0.554. The van der Waals surface area contributed by atoms with E-state index in [1.807, 2.05) is 6.92 Å². The quantitative estimate of drug-likeness (QED) is 0.386. The highest BCUT2D eigenvalue weighted by Crippen LogP contribution is 2.09. The maximum absolute atomic E-state index is 5.24. The van der Waals surface area contributed by atoms with Gasteiger partial charge in [0.15, 0.2) is 0 Å². The summed E-state index contributed by atoms with van der Waals surface area (Å²) in [6.45, 7) is 8.38. The molecule has 0 spiro atoms. The van der Waals surface area contributed by atoms with Crippen molar-refractivity contribution in [1.29, 1.82) is 0 Å². The molecule has 0 fully saturated rings. The number of unbranched alkanes of at least 4 members (excludes halogenated alkanes) is 1. The number of thioether (sulfide) groups is 1. The summed E-state index contributed by atoms with van der Waals surface area (Å²) in [5, 5.41) is 0. The van der Waals surface area contributed by atoms with Crippen LogP contribution >= 0.6 is 24.0 Å². The highest BCUT2D eigenvalue weighted by atomic mass is 32.2. The average Bonchev–Trinajstić information content (AvgIpc) is 2.01. The van der Waals surface area contributed by atoms with Gasteiger partial charge in [-0.3, -0.25) is 0 Å². The van der Waals surface area contributed by atoms with E-state index in [0.29, 0.717) is 11.0 Å². The van der Waals surface area contributed by atoms with Gasteiger partial charge in [0.25, 0.3) is 0 Å². The monoisotopic (exact) mass is 204 g/mol. The molecule has 0 aliphatic rings. The van der Waals surface area contributed by atoms with Crippen molar-refractivity contribution in [3.8, 4) is 0 Å². The van der Waals surface area contributed by atoms with Crippen molar-refractivity contribution >= 4 is 28.4 Å². The summed E-state index contributed by atoms with van der Waals surface area (Å²) in [5.41, 5.74) is 1.01. The first-order valence-corrected chi connectivity index (χ1v) is 5.50. The third kappa shape index (κ3) is 8.08. The fourth-order valence-electron chi connectivity index (χ4n) is 0.524. The molecule has 0 aromatic heterocycles. The lowest BCUT2D eigenvalue weighted by Gasteiger charge is -2.05. The Morgan fingerprint density at radius 3 is 2.75 bits per heavy atom. The second-order valence-electron chi connectivity index (χ2n) is 2.70. The molecular weight excluding hydrogens is 188 g/mol. The molecular formula is C9H16OS2. The minimum atomic E-state index is 0.554. The van der Waals surface area contributed by atoms with Crippen molar-refractivity contribution < 1.29 is 4.74 Å². The molecule has 0 bridgehead atoms. The number of ether oxygens (including phenoxy) is 1. The zero-order chi connectivity index (χ0) is 9.40. The van der Waals surface area contributed by atoms with Gasteiger partial charge in [-0.25, -0.2) is 0 Å². The van der Waals surface area contributed by atoms with Gasteiger partial charge in [0.05, 0.1) is 0 Å². The largest absolute Gasteiger partial charge is 0.474 e. The van der Waals surface area contributed by atoms with Crippen LogP contribution in [0.2, 0.25) is 0 Å². The van der Waals surface area contributed by atoms with Crippen LogP contribution in [0.1, 0.15) is 26.7 Å². The molecule has 0 unspecified atom stereocenters. The van der Waals surface area contributed by atoms with E-state index in [0.717, 1.165) is 11.3 Å². The summed E-state index contributed by atoms with van der Waals surface area (Å²) in [4.78, 5) is 0. The van der Waals surface area contributed by atoms with Gasteiger partial charge in [-0.05, 0) is 31.1 Å². The first-order chi connectivity index (χ1) is 5.66. The zero-order valence-corrected chi connectivity index (χ0v) is 9.39. The van der Waals surface area contributed by atoms with E-state index in [1.54, 1.807) is 11.8 Å². The maximum atomic E-state index is 5.24. The van der Waals surface area contributed by atoms with Crippen LogP contribution in [0.3, 0.4) is 0 Å². The van der Waals surface area contributed by atoms with Gasteiger partial charge in [-0.2, -0.15) is 0 Å². The molecule has 0 heterocycles. The van der Waals surface area contributed by atoms with Crippen molar-refractivity contribution in [2.75, 3.05) is 12.4 Å². The molecule has 0 N–H and O–H groups in total. The van der Waals surface area contributed by atoms with Crippen LogP contribution in [0.15, 0.2) is 12.2 Å². The Balaban J connectivity index is 3.28. The molecule has 0 amide bonds. The molecule has 3 heteroatoms. The van der Waals surface area contributed by atoms with Crippen LogP contribution in [-0.4, -0.2) is 16.7 Å². The van der Waals surface area contributed by atoms with Gasteiger partial charge in [0, 0.05) is 5.75 Å². The minimum Gasteiger partial charge on any atom is -0.474 e. The molecule has 0 saturated carbocycles. The Kier molecular flexibility index (Phi) is 7.61. The Morgan fingerprint density at radius 2 is 2.25 bits per heavy atom. The zero-order valence-electron chi connectivity index (χ0n) is 7.76. The van der Waals surface area contributed by atoms with E-state index >= 15 is 0 Å². The molecule has 0 aromatic rings. The molecule has 0 radical (unpaired) electrons. The lowest BCUT2D eigenvalue weighted by atomic mass is 10.4. The van der Waals surface area contributed by atoms with Crippen LogP contribution in [0, 0.1) is 0 Å². The SMILES string of the molecule is C=C(C)COC(=S)SCCCC.